The first-order chi connectivity index (χ1) is 9.74. The van der Waals surface area contributed by atoms with Crippen LogP contribution in [0.4, 0.5) is 0 Å². The molecule has 4 heteroatoms. The number of aromatic amines is 1. The topological polar surface area (TPSA) is 53.1 Å². The predicted molar refractivity (Wildman–Crippen MR) is 81.3 cm³/mol. The fourth-order valence-electron chi connectivity index (χ4n) is 2.14. The number of H-pyrrole nitrogens is 1. The molecule has 0 aliphatic heterocycles. The summed E-state index contributed by atoms with van der Waals surface area (Å²) >= 11 is 1.74. The maximum atomic E-state index is 11.0. The fourth-order valence-corrected chi connectivity index (χ4v) is 3.06. The minimum absolute atomic E-state index is 0.233. The Morgan fingerprint density at radius 3 is 2.65 bits per heavy atom. The van der Waals surface area contributed by atoms with E-state index in [0.29, 0.717) is 0 Å². The quantitative estimate of drug-likeness (QED) is 0.707. The molecule has 2 aromatic carbocycles. The molecule has 3 rings (SSSR count). The molecule has 0 aliphatic rings. The van der Waals surface area contributed by atoms with Crippen molar-refractivity contribution in [3.8, 4) is 0 Å². The summed E-state index contributed by atoms with van der Waals surface area (Å²) in [7, 11) is 0. The lowest BCUT2D eigenvalue weighted by Gasteiger charge is -2.03. The van der Waals surface area contributed by atoms with Crippen LogP contribution in [0.25, 0.3) is 10.9 Å². The lowest BCUT2D eigenvalue weighted by molar-refractivity contribution is 0.0691. The van der Waals surface area contributed by atoms with Crippen LogP contribution in [0, 0.1) is 0 Å². The van der Waals surface area contributed by atoms with E-state index in [0.717, 1.165) is 22.2 Å². The fraction of sp³-hybridized carbons (Fsp3) is 0.0625. The maximum absolute atomic E-state index is 11.0. The van der Waals surface area contributed by atoms with Gasteiger partial charge in [-0.1, -0.05) is 30.3 Å². The van der Waals surface area contributed by atoms with Gasteiger partial charge >= 0.3 is 5.97 Å². The van der Waals surface area contributed by atoms with E-state index in [1.165, 1.54) is 4.90 Å². The van der Waals surface area contributed by atoms with Gasteiger partial charge in [-0.15, -0.1) is 11.8 Å². The van der Waals surface area contributed by atoms with E-state index in [2.05, 4.69) is 17.1 Å². The van der Waals surface area contributed by atoms with E-state index >= 15 is 0 Å². The third-order valence-electron chi connectivity index (χ3n) is 3.12. The monoisotopic (exact) mass is 283 g/mol. The van der Waals surface area contributed by atoms with Crippen molar-refractivity contribution >= 4 is 28.6 Å². The average molecular weight is 283 g/mol. The molecule has 2 N–H and O–H groups in total. The molecule has 3 nitrogen and oxygen atoms in total. The first-order valence-electron chi connectivity index (χ1n) is 6.26. The maximum Gasteiger partial charge on any atom is 0.352 e. The molecule has 3 aromatic rings. The van der Waals surface area contributed by atoms with E-state index in [-0.39, 0.29) is 5.69 Å². The third kappa shape index (κ3) is 2.56. The summed E-state index contributed by atoms with van der Waals surface area (Å²) in [6.07, 6.45) is 0. The van der Waals surface area contributed by atoms with Crippen LogP contribution in [0.1, 0.15) is 16.1 Å². The highest BCUT2D eigenvalue weighted by molar-refractivity contribution is 7.98. The average Bonchev–Trinajstić information content (AvgIpc) is 2.91. The summed E-state index contributed by atoms with van der Waals surface area (Å²) in [5.74, 6) is -0.110. The minimum Gasteiger partial charge on any atom is -0.477 e. The lowest BCUT2D eigenvalue weighted by atomic mass is 10.1. The molecular weight excluding hydrogens is 270 g/mol. The van der Waals surface area contributed by atoms with Gasteiger partial charge in [-0.25, -0.2) is 4.79 Å². The zero-order chi connectivity index (χ0) is 13.9. The molecular formula is C16H13NO2S. The van der Waals surface area contributed by atoms with E-state index < -0.39 is 5.97 Å². The Kier molecular flexibility index (Phi) is 3.48. The van der Waals surface area contributed by atoms with Crippen LogP contribution in [-0.2, 0) is 5.75 Å². The van der Waals surface area contributed by atoms with Gasteiger partial charge < -0.3 is 10.1 Å². The first kappa shape index (κ1) is 12.8. The number of thioether (sulfide) groups is 1. The van der Waals surface area contributed by atoms with Gasteiger partial charge in [-0.05, 0) is 29.8 Å². The molecule has 0 amide bonds. The summed E-state index contributed by atoms with van der Waals surface area (Å²) < 4.78 is 0. The molecule has 0 atom stereocenters. The highest BCUT2D eigenvalue weighted by Gasteiger charge is 2.10. The van der Waals surface area contributed by atoms with Gasteiger partial charge in [-0.3, -0.25) is 0 Å². The number of benzene rings is 2. The van der Waals surface area contributed by atoms with Crippen molar-refractivity contribution < 1.29 is 9.90 Å². The minimum atomic E-state index is -0.928. The van der Waals surface area contributed by atoms with Crippen LogP contribution in [0.5, 0.6) is 0 Å². The molecule has 0 fully saturated rings. The third-order valence-corrected chi connectivity index (χ3v) is 4.18. The van der Waals surface area contributed by atoms with E-state index in [4.69, 9.17) is 5.11 Å². The van der Waals surface area contributed by atoms with Gasteiger partial charge in [0.1, 0.15) is 5.69 Å². The van der Waals surface area contributed by atoms with Gasteiger partial charge in [0.15, 0.2) is 0 Å². The second kappa shape index (κ2) is 5.43. The van der Waals surface area contributed by atoms with Gasteiger partial charge in [0.2, 0.25) is 0 Å². The Bertz CT molecular complexity index is 750. The Morgan fingerprint density at radius 1 is 1.10 bits per heavy atom. The Balaban J connectivity index is 1.89. The van der Waals surface area contributed by atoms with Crippen LogP contribution in [0.3, 0.4) is 0 Å². The van der Waals surface area contributed by atoms with Crippen molar-refractivity contribution in [2.45, 2.75) is 10.6 Å². The Morgan fingerprint density at radius 2 is 1.90 bits per heavy atom. The molecule has 0 radical (unpaired) electrons. The number of fused-ring (bicyclic) bond motifs is 1. The standard InChI is InChI=1S/C16H13NO2S/c18-16(19)15-9-13-11(5-4-8-14(13)17-15)10-20-12-6-2-1-3-7-12/h1-9,17H,10H2,(H,18,19). The van der Waals surface area contributed by atoms with Gasteiger partial charge in [0.05, 0.1) is 0 Å². The Hall–Kier alpha value is -2.20. The molecule has 1 aromatic heterocycles. The molecule has 0 spiro atoms. The molecule has 100 valence electrons. The number of hydrogen-bond acceptors (Lipinski definition) is 2. The number of rotatable bonds is 4. The van der Waals surface area contributed by atoms with Crippen LogP contribution < -0.4 is 0 Å². The largest absolute Gasteiger partial charge is 0.477 e. The number of carbonyl (C=O) groups is 1. The molecule has 0 bridgehead atoms. The summed E-state index contributed by atoms with van der Waals surface area (Å²) in [5.41, 5.74) is 2.24. The summed E-state index contributed by atoms with van der Waals surface area (Å²) in [6, 6.07) is 17.8. The number of carboxylic acids is 1. The van der Waals surface area contributed by atoms with Gasteiger partial charge in [0, 0.05) is 21.6 Å². The summed E-state index contributed by atoms with van der Waals surface area (Å²) in [6.45, 7) is 0. The highest BCUT2D eigenvalue weighted by Crippen LogP contribution is 2.27. The molecule has 0 aliphatic carbocycles. The van der Waals surface area contributed by atoms with Crippen LogP contribution in [0.15, 0.2) is 59.5 Å². The molecule has 0 saturated heterocycles. The Labute approximate surface area is 120 Å². The van der Waals surface area contributed by atoms with Crippen molar-refractivity contribution in [2.24, 2.45) is 0 Å². The van der Waals surface area contributed by atoms with Crippen molar-refractivity contribution in [3.63, 3.8) is 0 Å². The van der Waals surface area contributed by atoms with E-state index in [1.54, 1.807) is 17.8 Å². The molecule has 0 unspecified atom stereocenters. The number of aromatic nitrogens is 1. The SMILES string of the molecule is O=C(O)c1cc2c(CSc3ccccc3)cccc2[nH]1. The van der Waals surface area contributed by atoms with Crippen molar-refractivity contribution in [1.82, 2.24) is 4.98 Å². The number of aromatic carboxylic acids is 1. The smallest absolute Gasteiger partial charge is 0.352 e. The van der Waals surface area contributed by atoms with Gasteiger partial charge in [0.25, 0.3) is 0 Å². The normalized spacial score (nSPS) is 10.8. The van der Waals surface area contributed by atoms with Crippen LogP contribution in [-0.4, -0.2) is 16.1 Å². The van der Waals surface area contributed by atoms with Crippen molar-refractivity contribution in [1.29, 1.82) is 0 Å². The molecule has 20 heavy (non-hydrogen) atoms. The number of nitrogens with one attached hydrogen (secondary N) is 1. The van der Waals surface area contributed by atoms with E-state index in [1.807, 2.05) is 36.4 Å². The van der Waals surface area contributed by atoms with E-state index in [9.17, 15) is 4.79 Å². The first-order valence-corrected chi connectivity index (χ1v) is 7.24. The van der Waals surface area contributed by atoms with Crippen molar-refractivity contribution in [3.05, 3.63) is 65.9 Å². The summed E-state index contributed by atoms with van der Waals surface area (Å²) in [5, 5.41) is 10.0. The zero-order valence-electron chi connectivity index (χ0n) is 10.7. The lowest BCUT2D eigenvalue weighted by Crippen LogP contribution is -1.94. The van der Waals surface area contributed by atoms with Crippen molar-refractivity contribution in [2.75, 3.05) is 0 Å². The second-order valence-corrected chi connectivity index (χ2v) is 5.52. The second-order valence-electron chi connectivity index (χ2n) is 4.47. The highest BCUT2D eigenvalue weighted by atomic mass is 32.2. The van der Waals surface area contributed by atoms with Gasteiger partial charge in [-0.2, -0.15) is 0 Å². The number of carboxylic acid groups (broad SMARTS) is 1. The summed E-state index contributed by atoms with van der Waals surface area (Å²) in [4.78, 5) is 15.2. The number of hydrogen-bond donors (Lipinski definition) is 2. The van der Waals surface area contributed by atoms with Crippen LogP contribution >= 0.6 is 11.8 Å². The predicted octanol–water partition coefficient (Wildman–Crippen LogP) is 4.16. The molecule has 1 heterocycles. The van der Waals surface area contributed by atoms with Crippen LogP contribution in [0.2, 0.25) is 0 Å². The zero-order valence-corrected chi connectivity index (χ0v) is 11.5. The molecule has 0 saturated carbocycles.